The highest BCUT2D eigenvalue weighted by Crippen LogP contribution is 2.30. The third-order valence-electron chi connectivity index (χ3n) is 4.94. The molecule has 1 heterocycles. The van der Waals surface area contributed by atoms with E-state index in [2.05, 4.69) is 24.3 Å². The first-order valence-electron chi connectivity index (χ1n) is 9.73. The SMILES string of the molecule is CC(C)Oc1ccc([C@@H](CC(=O)N2CCCCC2)c2ccccc2)cc1. The van der Waals surface area contributed by atoms with E-state index in [1.165, 1.54) is 12.0 Å². The fourth-order valence-corrected chi connectivity index (χ4v) is 3.61. The number of likely N-dealkylation sites (tertiary alicyclic amines) is 1. The normalized spacial score (nSPS) is 15.7. The zero-order chi connectivity index (χ0) is 18.4. The molecular weight excluding hydrogens is 322 g/mol. The topological polar surface area (TPSA) is 29.5 Å². The number of ether oxygens (including phenoxy) is 1. The van der Waals surface area contributed by atoms with Gasteiger partial charge in [0.15, 0.2) is 0 Å². The molecule has 0 N–H and O–H groups in total. The standard InChI is InChI=1S/C23H29NO2/c1-18(2)26-21-13-11-20(12-14-21)22(19-9-5-3-6-10-19)17-23(25)24-15-7-4-8-16-24/h3,5-6,9-14,18,22H,4,7-8,15-17H2,1-2H3/t22-/m0/s1. The Morgan fingerprint density at radius 1 is 0.923 bits per heavy atom. The lowest BCUT2D eigenvalue weighted by Crippen LogP contribution is -2.36. The van der Waals surface area contributed by atoms with Crippen LogP contribution in [0.15, 0.2) is 54.6 Å². The van der Waals surface area contributed by atoms with Crippen LogP contribution in [-0.4, -0.2) is 30.0 Å². The molecule has 0 bridgehead atoms. The summed E-state index contributed by atoms with van der Waals surface area (Å²) in [6.45, 7) is 5.86. The van der Waals surface area contributed by atoms with Crippen LogP contribution in [-0.2, 0) is 4.79 Å². The van der Waals surface area contributed by atoms with Gasteiger partial charge in [0.05, 0.1) is 6.10 Å². The van der Waals surface area contributed by atoms with Crippen molar-refractivity contribution in [3.63, 3.8) is 0 Å². The summed E-state index contributed by atoms with van der Waals surface area (Å²) in [7, 11) is 0. The maximum absolute atomic E-state index is 12.9. The molecule has 0 saturated carbocycles. The summed E-state index contributed by atoms with van der Waals surface area (Å²) in [5.74, 6) is 1.22. The first kappa shape index (κ1) is 18.5. The minimum Gasteiger partial charge on any atom is -0.491 e. The molecule has 2 aromatic carbocycles. The van der Waals surface area contributed by atoms with Crippen LogP contribution in [0.5, 0.6) is 5.75 Å². The third kappa shape index (κ3) is 4.87. The number of amides is 1. The Balaban J connectivity index is 1.80. The molecule has 0 aliphatic carbocycles. The number of hydrogen-bond donors (Lipinski definition) is 0. The highest BCUT2D eigenvalue weighted by Gasteiger charge is 2.23. The number of hydrogen-bond acceptors (Lipinski definition) is 2. The summed E-state index contributed by atoms with van der Waals surface area (Å²) in [6, 6.07) is 18.6. The van der Waals surface area contributed by atoms with Gasteiger partial charge in [0, 0.05) is 25.4 Å². The molecule has 1 atom stereocenters. The molecular formula is C23H29NO2. The third-order valence-corrected chi connectivity index (χ3v) is 4.94. The molecule has 1 saturated heterocycles. The van der Waals surface area contributed by atoms with Crippen molar-refractivity contribution in [3.05, 3.63) is 65.7 Å². The lowest BCUT2D eigenvalue weighted by atomic mass is 9.88. The van der Waals surface area contributed by atoms with Gasteiger partial charge in [-0.05, 0) is 56.4 Å². The van der Waals surface area contributed by atoms with E-state index in [1.54, 1.807) is 0 Å². The first-order chi connectivity index (χ1) is 12.6. The predicted molar refractivity (Wildman–Crippen MR) is 106 cm³/mol. The van der Waals surface area contributed by atoms with Gasteiger partial charge in [0.2, 0.25) is 5.91 Å². The molecule has 0 aromatic heterocycles. The van der Waals surface area contributed by atoms with Gasteiger partial charge in [-0.25, -0.2) is 0 Å². The predicted octanol–water partition coefficient (Wildman–Crippen LogP) is 5.01. The first-order valence-corrected chi connectivity index (χ1v) is 9.73. The van der Waals surface area contributed by atoms with Gasteiger partial charge in [0.25, 0.3) is 0 Å². The Bertz CT molecular complexity index is 688. The van der Waals surface area contributed by atoms with Gasteiger partial charge >= 0.3 is 0 Å². The number of piperidine rings is 1. The summed E-state index contributed by atoms with van der Waals surface area (Å²) in [6.07, 6.45) is 4.18. The van der Waals surface area contributed by atoms with Crippen molar-refractivity contribution in [2.24, 2.45) is 0 Å². The number of carbonyl (C=O) groups is 1. The second-order valence-electron chi connectivity index (χ2n) is 7.34. The van der Waals surface area contributed by atoms with Gasteiger partial charge in [-0.1, -0.05) is 42.5 Å². The molecule has 1 fully saturated rings. The van der Waals surface area contributed by atoms with E-state index in [9.17, 15) is 4.79 Å². The smallest absolute Gasteiger partial charge is 0.223 e. The molecule has 26 heavy (non-hydrogen) atoms. The van der Waals surface area contributed by atoms with Crippen molar-refractivity contribution in [1.29, 1.82) is 0 Å². The molecule has 2 aromatic rings. The van der Waals surface area contributed by atoms with Gasteiger partial charge in [-0.3, -0.25) is 4.79 Å². The van der Waals surface area contributed by atoms with Crippen LogP contribution in [0.4, 0.5) is 0 Å². The van der Waals surface area contributed by atoms with Gasteiger partial charge in [0.1, 0.15) is 5.75 Å². The highest BCUT2D eigenvalue weighted by atomic mass is 16.5. The maximum atomic E-state index is 12.9. The monoisotopic (exact) mass is 351 g/mol. The fraction of sp³-hybridized carbons (Fsp3) is 0.435. The molecule has 1 aliphatic rings. The van der Waals surface area contributed by atoms with Gasteiger partial charge < -0.3 is 9.64 Å². The van der Waals surface area contributed by atoms with Crippen molar-refractivity contribution in [2.45, 2.75) is 51.6 Å². The van der Waals surface area contributed by atoms with E-state index in [4.69, 9.17) is 4.74 Å². The van der Waals surface area contributed by atoms with Gasteiger partial charge in [-0.15, -0.1) is 0 Å². The second kappa shape index (κ2) is 8.88. The Hall–Kier alpha value is -2.29. The maximum Gasteiger partial charge on any atom is 0.223 e. The highest BCUT2D eigenvalue weighted by molar-refractivity contribution is 5.78. The second-order valence-corrected chi connectivity index (χ2v) is 7.34. The molecule has 3 nitrogen and oxygen atoms in total. The van der Waals surface area contributed by atoms with E-state index in [1.807, 2.05) is 49.1 Å². The zero-order valence-electron chi connectivity index (χ0n) is 15.9. The summed E-state index contributed by atoms with van der Waals surface area (Å²) in [5.41, 5.74) is 2.35. The van der Waals surface area contributed by atoms with Crippen LogP contribution in [0.1, 0.15) is 56.6 Å². The number of carbonyl (C=O) groups excluding carboxylic acids is 1. The molecule has 1 aliphatic heterocycles. The molecule has 138 valence electrons. The van der Waals surface area contributed by atoms with Crippen LogP contribution >= 0.6 is 0 Å². The van der Waals surface area contributed by atoms with E-state index < -0.39 is 0 Å². The molecule has 3 heteroatoms. The lowest BCUT2D eigenvalue weighted by molar-refractivity contribution is -0.132. The van der Waals surface area contributed by atoms with Crippen molar-refractivity contribution in [3.8, 4) is 5.75 Å². The van der Waals surface area contributed by atoms with Crippen LogP contribution in [0, 0.1) is 0 Å². The summed E-state index contributed by atoms with van der Waals surface area (Å²) in [5, 5.41) is 0. The van der Waals surface area contributed by atoms with Crippen LogP contribution in [0.25, 0.3) is 0 Å². The van der Waals surface area contributed by atoms with Crippen LogP contribution in [0.3, 0.4) is 0 Å². The minimum absolute atomic E-state index is 0.0822. The Labute approximate surface area is 157 Å². The summed E-state index contributed by atoms with van der Waals surface area (Å²) < 4.78 is 5.76. The summed E-state index contributed by atoms with van der Waals surface area (Å²) in [4.78, 5) is 14.9. The average Bonchev–Trinajstić information content (AvgIpc) is 2.67. The fourth-order valence-electron chi connectivity index (χ4n) is 3.61. The zero-order valence-corrected chi connectivity index (χ0v) is 15.9. The minimum atomic E-state index is 0.0822. The number of benzene rings is 2. The van der Waals surface area contributed by atoms with Gasteiger partial charge in [-0.2, -0.15) is 0 Å². The van der Waals surface area contributed by atoms with E-state index in [0.717, 1.165) is 37.2 Å². The average molecular weight is 351 g/mol. The van der Waals surface area contributed by atoms with E-state index in [-0.39, 0.29) is 17.9 Å². The van der Waals surface area contributed by atoms with E-state index in [0.29, 0.717) is 6.42 Å². The molecule has 0 spiro atoms. The Morgan fingerprint density at radius 3 is 2.15 bits per heavy atom. The molecule has 0 radical (unpaired) electrons. The number of nitrogens with zero attached hydrogens (tertiary/aromatic N) is 1. The quantitative estimate of drug-likeness (QED) is 0.732. The van der Waals surface area contributed by atoms with Crippen LogP contribution in [0.2, 0.25) is 0 Å². The van der Waals surface area contributed by atoms with E-state index >= 15 is 0 Å². The van der Waals surface area contributed by atoms with Crippen molar-refractivity contribution < 1.29 is 9.53 Å². The molecule has 0 unspecified atom stereocenters. The largest absolute Gasteiger partial charge is 0.491 e. The van der Waals surface area contributed by atoms with Crippen molar-refractivity contribution in [2.75, 3.05) is 13.1 Å². The number of rotatable bonds is 6. The summed E-state index contributed by atoms with van der Waals surface area (Å²) >= 11 is 0. The molecule has 3 rings (SSSR count). The van der Waals surface area contributed by atoms with Crippen LogP contribution < -0.4 is 4.74 Å². The van der Waals surface area contributed by atoms with Crippen molar-refractivity contribution >= 4 is 5.91 Å². The Kier molecular flexibility index (Phi) is 6.32. The Morgan fingerprint density at radius 2 is 1.54 bits per heavy atom. The lowest BCUT2D eigenvalue weighted by Gasteiger charge is -2.29. The van der Waals surface area contributed by atoms with Crippen molar-refractivity contribution in [1.82, 2.24) is 4.90 Å². The molecule has 1 amide bonds.